The summed E-state index contributed by atoms with van der Waals surface area (Å²) in [6.07, 6.45) is 1.68. The summed E-state index contributed by atoms with van der Waals surface area (Å²) in [7, 11) is 0. The molecule has 14 heavy (non-hydrogen) atoms. The standard InChI is InChI=1S/C10H13BrO3/c1-9-4-2-6(12)8(11)10(9,14)5-3-7(9)13/h8,14H,2-5H2,1H3. The van der Waals surface area contributed by atoms with Crippen molar-refractivity contribution < 1.29 is 14.7 Å². The second-order valence-corrected chi connectivity index (χ2v) is 5.42. The lowest BCUT2D eigenvalue weighted by atomic mass is 9.65. The fourth-order valence-corrected chi connectivity index (χ4v) is 3.59. The summed E-state index contributed by atoms with van der Waals surface area (Å²) in [6, 6.07) is 0. The molecule has 0 radical (unpaired) electrons. The Morgan fingerprint density at radius 1 is 1.36 bits per heavy atom. The molecular formula is C10H13BrO3. The number of Topliss-reactive ketones (excluding diaryl/α,β-unsaturated/α-hetero) is 2. The molecule has 2 aliphatic rings. The van der Waals surface area contributed by atoms with E-state index < -0.39 is 15.8 Å². The lowest BCUT2D eigenvalue weighted by Crippen LogP contribution is -2.57. The van der Waals surface area contributed by atoms with Gasteiger partial charge >= 0.3 is 0 Å². The van der Waals surface area contributed by atoms with Crippen molar-refractivity contribution in [2.45, 2.75) is 43.0 Å². The summed E-state index contributed by atoms with van der Waals surface area (Å²) in [4.78, 5) is 22.6. The maximum Gasteiger partial charge on any atom is 0.149 e. The number of carbonyl (C=O) groups is 2. The molecule has 3 unspecified atom stereocenters. The highest BCUT2D eigenvalue weighted by Crippen LogP contribution is 2.53. The second kappa shape index (κ2) is 2.89. The number of hydrogen-bond acceptors (Lipinski definition) is 3. The minimum absolute atomic E-state index is 0.0136. The van der Waals surface area contributed by atoms with Gasteiger partial charge in [-0.1, -0.05) is 15.9 Å². The first-order valence-electron chi connectivity index (χ1n) is 4.84. The number of aliphatic hydroxyl groups is 1. The Labute approximate surface area is 91.0 Å². The van der Waals surface area contributed by atoms with Crippen LogP contribution in [0.15, 0.2) is 0 Å². The lowest BCUT2D eigenvalue weighted by Gasteiger charge is -2.44. The van der Waals surface area contributed by atoms with Crippen LogP contribution < -0.4 is 0 Å². The highest BCUT2D eigenvalue weighted by molar-refractivity contribution is 9.10. The number of fused-ring (bicyclic) bond motifs is 1. The topological polar surface area (TPSA) is 54.4 Å². The molecule has 0 aliphatic heterocycles. The van der Waals surface area contributed by atoms with Crippen LogP contribution in [0, 0.1) is 5.41 Å². The zero-order valence-corrected chi connectivity index (χ0v) is 9.63. The Kier molecular flexibility index (Phi) is 2.13. The van der Waals surface area contributed by atoms with Gasteiger partial charge in [-0.2, -0.15) is 0 Å². The van der Waals surface area contributed by atoms with Crippen molar-refractivity contribution in [2.24, 2.45) is 5.41 Å². The zero-order chi connectivity index (χ0) is 10.6. The molecule has 0 aromatic carbocycles. The van der Waals surface area contributed by atoms with Crippen molar-refractivity contribution in [3.05, 3.63) is 0 Å². The van der Waals surface area contributed by atoms with E-state index in [2.05, 4.69) is 15.9 Å². The van der Waals surface area contributed by atoms with Gasteiger partial charge in [-0.15, -0.1) is 0 Å². The molecule has 2 fully saturated rings. The predicted octanol–water partition coefficient (Wildman–Crippen LogP) is 1.21. The van der Waals surface area contributed by atoms with Crippen LogP contribution >= 0.6 is 15.9 Å². The number of halogens is 1. The van der Waals surface area contributed by atoms with Crippen molar-refractivity contribution in [2.75, 3.05) is 0 Å². The molecule has 1 N–H and O–H groups in total. The summed E-state index contributed by atoms with van der Waals surface area (Å²) in [5, 5.41) is 10.4. The SMILES string of the molecule is CC12CCC(=O)C(Br)C1(O)CCC2=O. The third kappa shape index (κ3) is 1.01. The van der Waals surface area contributed by atoms with Gasteiger partial charge in [0.15, 0.2) is 0 Å². The summed E-state index contributed by atoms with van der Waals surface area (Å²) in [6.45, 7) is 1.78. The Bertz CT molecular complexity index is 314. The summed E-state index contributed by atoms with van der Waals surface area (Å²) in [5.41, 5.74) is -1.87. The van der Waals surface area contributed by atoms with Crippen LogP contribution in [-0.2, 0) is 9.59 Å². The average Bonchev–Trinajstić information content (AvgIpc) is 2.39. The first-order valence-corrected chi connectivity index (χ1v) is 5.76. The number of rotatable bonds is 0. The van der Waals surface area contributed by atoms with Crippen LogP contribution in [0.4, 0.5) is 0 Å². The van der Waals surface area contributed by atoms with E-state index in [9.17, 15) is 14.7 Å². The van der Waals surface area contributed by atoms with Crippen molar-refractivity contribution in [1.29, 1.82) is 0 Å². The molecule has 78 valence electrons. The van der Waals surface area contributed by atoms with Crippen molar-refractivity contribution in [3.63, 3.8) is 0 Å². The number of hydrogen-bond donors (Lipinski definition) is 1. The van der Waals surface area contributed by atoms with Crippen LogP contribution in [0.1, 0.15) is 32.6 Å². The molecule has 0 amide bonds. The summed E-state index contributed by atoms with van der Waals surface area (Å²) >= 11 is 3.23. The van der Waals surface area contributed by atoms with E-state index in [0.29, 0.717) is 25.7 Å². The molecule has 3 atom stereocenters. The molecule has 2 rings (SSSR count). The molecular weight excluding hydrogens is 248 g/mol. The Morgan fingerprint density at radius 3 is 2.64 bits per heavy atom. The van der Waals surface area contributed by atoms with Gasteiger partial charge in [0.05, 0.1) is 11.0 Å². The smallest absolute Gasteiger partial charge is 0.149 e. The average molecular weight is 261 g/mol. The Hall–Kier alpha value is -0.220. The molecule has 4 heteroatoms. The largest absolute Gasteiger partial charge is 0.387 e. The molecule has 0 saturated heterocycles. The van der Waals surface area contributed by atoms with Crippen LogP contribution in [0.2, 0.25) is 0 Å². The molecule has 2 aliphatic carbocycles. The van der Waals surface area contributed by atoms with Crippen LogP contribution in [0.25, 0.3) is 0 Å². The van der Waals surface area contributed by atoms with Gasteiger partial charge in [0.25, 0.3) is 0 Å². The molecule has 3 nitrogen and oxygen atoms in total. The highest BCUT2D eigenvalue weighted by atomic mass is 79.9. The summed E-state index contributed by atoms with van der Waals surface area (Å²) < 4.78 is 0. The summed E-state index contributed by atoms with van der Waals surface area (Å²) in [5.74, 6) is 0.108. The maximum atomic E-state index is 11.7. The first kappa shape index (κ1) is 10.3. The fraction of sp³-hybridized carbons (Fsp3) is 0.800. The normalized spacial score (nSPS) is 48.1. The van der Waals surface area contributed by atoms with E-state index in [4.69, 9.17) is 0 Å². The van der Waals surface area contributed by atoms with E-state index in [-0.39, 0.29) is 11.6 Å². The molecule has 0 aromatic rings. The Morgan fingerprint density at radius 2 is 2.00 bits per heavy atom. The third-order valence-electron chi connectivity index (χ3n) is 3.88. The molecule has 0 spiro atoms. The van der Waals surface area contributed by atoms with Gasteiger partial charge in [0.2, 0.25) is 0 Å². The number of carbonyl (C=O) groups excluding carboxylic acids is 2. The quantitative estimate of drug-likeness (QED) is 0.667. The first-order chi connectivity index (χ1) is 6.42. The van der Waals surface area contributed by atoms with E-state index in [1.807, 2.05) is 0 Å². The van der Waals surface area contributed by atoms with Gasteiger partial charge in [-0.05, 0) is 19.8 Å². The van der Waals surface area contributed by atoms with Crippen molar-refractivity contribution >= 4 is 27.5 Å². The fourth-order valence-electron chi connectivity index (χ4n) is 2.63. The minimum atomic E-state index is -1.15. The lowest BCUT2D eigenvalue weighted by molar-refractivity contribution is -0.146. The van der Waals surface area contributed by atoms with E-state index in [1.54, 1.807) is 6.92 Å². The molecule has 2 saturated carbocycles. The molecule has 0 heterocycles. The van der Waals surface area contributed by atoms with Crippen LogP contribution in [0.5, 0.6) is 0 Å². The van der Waals surface area contributed by atoms with Gasteiger partial charge in [-0.25, -0.2) is 0 Å². The van der Waals surface area contributed by atoms with Crippen molar-refractivity contribution in [1.82, 2.24) is 0 Å². The molecule has 0 aromatic heterocycles. The van der Waals surface area contributed by atoms with Crippen LogP contribution in [0.3, 0.4) is 0 Å². The van der Waals surface area contributed by atoms with Gasteiger partial charge in [0, 0.05) is 12.8 Å². The third-order valence-corrected chi connectivity index (χ3v) is 5.15. The predicted molar refractivity (Wildman–Crippen MR) is 54.3 cm³/mol. The Balaban J connectivity index is 2.45. The molecule has 0 bridgehead atoms. The van der Waals surface area contributed by atoms with E-state index in [1.165, 1.54) is 0 Å². The van der Waals surface area contributed by atoms with Gasteiger partial charge < -0.3 is 5.11 Å². The monoisotopic (exact) mass is 260 g/mol. The van der Waals surface area contributed by atoms with Crippen LogP contribution in [-0.4, -0.2) is 27.1 Å². The number of ketones is 2. The van der Waals surface area contributed by atoms with Gasteiger partial charge in [-0.3, -0.25) is 9.59 Å². The number of alkyl halides is 1. The minimum Gasteiger partial charge on any atom is -0.387 e. The second-order valence-electron chi connectivity index (χ2n) is 4.51. The maximum absolute atomic E-state index is 11.7. The zero-order valence-electron chi connectivity index (χ0n) is 8.05. The highest BCUT2D eigenvalue weighted by Gasteiger charge is 2.63. The van der Waals surface area contributed by atoms with Gasteiger partial charge in [0.1, 0.15) is 16.4 Å². The van der Waals surface area contributed by atoms with Crippen molar-refractivity contribution in [3.8, 4) is 0 Å². The van der Waals surface area contributed by atoms with E-state index in [0.717, 1.165) is 0 Å². The van der Waals surface area contributed by atoms with E-state index >= 15 is 0 Å².